The number of amides is 2. The van der Waals surface area contributed by atoms with Gasteiger partial charge in [-0.1, -0.05) is 49.8 Å². The molecule has 0 aromatic heterocycles. The fourth-order valence-corrected chi connectivity index (χ4v) is 3.39. The number of nitrogens with one attached hydrogen (secondary N) is 1. The molecule has 4 nitrogen and oxygen atoms in total. The summed E-state index contributed by atoms with van der Waals surface area (Å²) >= 11 is 0. The summed E-state index contributed by atoms with van der Waals surface area (Å²) in [4.78, 5) is 25.8. The van der Waals surface area contributed by atoms with E-state index in [2.05, 4.69) is 5.43 Å². The molecule has 0 atom stereocenters. The lowest BCUT2D eigenvalue weighted by molar-refractivity contribution is -0.144. The van der Waals surface area contributed by atoms with Crippen LogP contribution in [0.1, 0.15) is 81.6 Å². The molecular weight excluding hydrogens is 312 g/mol. The molecule has 1 fully saturated rings. The van der Waals surface area contributed by atoms with Gasteiger partial charge in [-0.3, -0.25) is 15.0 Å². The Bertz CT molecular complexity index is 596. The predicted octanol–water partition coefficient (Wildman–Crippen LogP) is 4.63. The van der Waals surface area contributed by atoms with E-state index in [1.807, 2.05) is 45.9 Å². The molecule has 0 saturated heterocycles. The molecule has 1 aliphatic carbocycles. The number of rotatable bonds is 2. The highest BCUT2D eigenvalue weighted by molar-refractivity contribution is 5.95. The Hall–Kier alpha value is -1.84. The van der Waals surface area contributed by atoms with Gasteiger partial charge in [0.25, 0.3) is 5.91 Å². The molecule has 1 aromatic rings. The predicted molar refractivity (Wildman–Crippen MR) is 101 cm³/mol. The first-order valence-electron chi connectivity index (χ1n) is 9.51. The van der Waals surface area contributed by atoms with Crippen LogP contribution in [0.25, 0.3) is 0 Å². The lowest BCUT2D eigenvalue weighted by Gasteiger charge is -2.38. The van der Waals surface area contributed by atoms with E-state index in [1.165, 1.54) is 19.3 Å². The van der Waals surface area contributed by atoms with E-state index in [4.69, 9.17) is 0 Å². The summed E-state index contributed by atoms with van der Waals surface area (Å²) in [7, 11) is 0. The maximum Gasteiger partial charge on any atom is 0.269 e. The van der Waals surface area contributed by atoms with Crippen LogP contribution in [0.2, 0.25) is 0 Å². The van der Waals surface area contributed by atoms with Crippen LogP contribution < -0.4 is 5.43 Å². The third-order valence-corrected chi connectivity index (χ3v) is 4.84. The number of nitrogens with zero attached hydrogens (tertiary/aromatic N) is 1. The zero-order chi connectivity index (χ0) is 18.4. The Labute approximate surface area is 152 Å². The van der Waals surface area contributed by atoms with Crippen LogP contribution >= 0.6 is 0 Å². The number of hydrazine groups is 1. The largest absolute Gasteiger partial charge is 0.273 e. The maximum absolute atomic E-state index is 13.2. The molecule has 0 radical (unpaired) electrons. The Morgan fingerprint density at radius 1 is 1.04 bits per heavy atom. The van der Waals surface area contributed by atoms with E-state index in [0.717, 1.165) is 31.2 Å². The number of benzene rings is 1. The monoisotopic (exact) mass is 344 g/mol. The number of hydrogen-bond acceptors (Lipinski definition) is 2. The standard InChI is InChI=1S/C21H32N2O2/c1-16-11-10-14-18(15-16)19(24)22-23(21(2,3)4)20(25)17-12-8-6-5-7-9-13-17/h10-11,14-15,17H,5-9,12-13H2,1-4H3,(H,22,24). The Balaban J connectivity index is 2.15. The smallest absolute Gasteiger partial charge is 0.269 e. The second kappa shape index (κ2) is 8.50. The molecule has 0 aliphatic heterocycles. The average Bonchev–Trinajstić information content (AvgIpc) is 2.50. The fraction of sp³-hybridized carbons (Fsp3) is 0.619. The van der Waals surface area contributed by atoms with Gasteiger partial charge in [0.15, 0.2) is 0 Å². The lowest BCUT2D eigenvalue weighted by atomic mass is 9.89. The van der Waals surface area contributed by atoms with Gasteiger partial charge < -0.3 is 0 Å². The number of carbonyl (C=O) groups excluding carboxylic acids is 2. The first-order chi connectivity index (χ1) is 11.8. The van der Waals surface area contributed by atoms with Crippen molar-refractivity contribution in [1.82, 2.24) is 10.4 Å². The topological polar surface area (TPSA) is 49.4 Å². The number of hydrogen-bond donors (Lipinski definition) is 1. The zero-order valence-corrected chi connectivity index (χ0v) is 16.1. The van der Waals surface area contributed by atoms with Crippen LogP contribution in [0, 0.1) is 12.8 Å². The van der Waals surface area contributed by atoms with E-state index in [1.54, 1.807) is 11.1 Å². The van der Waals surface area contributed by atoms with Gasteiger partial charge in [0.2, 0.25) is 5.91 Å². The molecule has 25 heavy (non-hydrogen) atoms. The van der Waals surface area contributed by atoms with Crippen LogP contribution in [-0.2, 0) is 4.79 Å². The van der Waals surface area contributed by atoms with Crippen molar-refractivity contribution in [3.8, 4) is 0 Å². The van der Waals surface area contributed by atoms with Gasteiger partial charge in [-0.15, -0.1) is 0 Å². The van der Waals surface area contributed by atoms with Gasteiger partial charge in [0.05, 0.1) is 5.54 Å². The molecule has 1 saturated carbocycles. The SMILES string of the molecule is Cc1cccc(C(=O)NN(C(=O)C2CCCCCCC2)C(C)(C)C)c1. The fourth-order valence-electron chi connectivity index (χ4n) is 3.39. The van der Waals surface area contributed by atoms with Crippen LogP contribution in [-0.4, -0.2) is 22.4 Å². The minimum Gasteiger partial charge on any atom is -0.273 e. The van der Waals surface area contributed by atoms with E-state index in [9.17, 15) is 9.59 Å². The van der Waals surface area contributed by atoms with Crippen molar-refractivity contribution in [2.75, 3.05) is 0 Å². The molecule has 4 heteroatoms. The van der Waals surface area contributed by atoms with Gasteiger partial charge in [0, 0.05) is 11.5 Å². The number of carbonyl (C=O) groups is 2. The van der Waals surface area contributed by atoms with Crippen LogP contribution in [0.15, 0.2) is 24.3 Å². The quantitative estimate of drug-likeness (QED) is 0.795. The van der Waals surface area contributed by atoms with E-state index in [0.29, 0.717) is 5.56 Å². The third-order valence-electron chi connectivity index (χ3n) is 4.84. The van der Waals surface area contributed by atoms with Gasteiger partial charge in [0.1, 0.15) is 0 Å². The minimum atomic E-state index is -0.459. The van der Waals surface area contributed by atoms with Crippen LogP contribution in [0.5, 0.6) is 0 Å². The van der Waals surface area contributed by atoms with Crippen LogP contribution in [0.4, 0.5) is 0 Å². The van der Waals surface area contributed by atoms with Crippen molar-refractivity contribution in [1.29, 1.82) is 0 Å². The van der Waals surface area contributed by atoms with Crippen molar-refractivity contribution in [3.05, 3.63) is 35.4 Å². The summed E-state index contributed by atoms with van der Waals surface area (Å²) in [6.45, 7) is 7.84. The third kappa shape index (κ3) is 5.58. The van der Waals surface area contributed by atoms with Gasteiger partial charge in [-0.25, -0.2) is 5.01 Å². The second-order valence-corrected chi connectivity index (χ2v) is 8.20. The lowest BCUT2D eigenvalue weighted by Crippen LogP contribution is -2.57. The molecule has 0 unspecified atom stereocenters. The molecule has 0 heterocycles. The maximum atomic E-state index is 13.2. The summed E-state index contributed by atoms with van der Waals surface area (Å²) < 4.78 is 0. The van der Waals surface area contributed by atoms with Crippen molar-refractivity contribution in [3.63, 3.8) is 0 Å². The molecular formula is C21H32N2O2. The second-order valence-electron chi connectivity index (χ2n) is 8.20. The summed E-state index contributed by atoms with van der Waals surface area (Å²) in [6, 6.07) is 7.44. The molecule has 0 spiro atoms. The molecule has 1 N–H and O–H groups in total. The van der Waals surface area contributed by atoms with E-state index >= 15 is 0 Å². The zero-order valence-electron chi connectivity index (χ0n) is 16.1. The minimum absolute atomic E-state index is 0.0114. The Morgan fingerprint density at radius 3 is 2.20 bits per heavy atom. The molecule has 2 amide bonds. The van der Waals surface area contributed by atoms with Crippen molar-refractivity contribution >= 4 is 11.8 Å². The summed E-state index contributed by atoms with van der Waals surface area (Å²) in [5, 5.41) is 1.56. The van der Waals surface area contributed by atoms with Gasteiger partial charge in [-0.05, 0) is 52.7 Å². The number of aryl methyl sites for hydroxylation is 1. The van der Waals surface area contributed by atoms with Crippen molar-refractivity contribution in [2.24, 2.45) is 5.92 Å². The molecule has 138 valence electrons. The van der Waals surface area contributed by atoms with Gasteiger partial charge >= 0.3 is 0 Å². The normalized spacial score (nSPS) is 16.6. The highest BCUT2D eigenvalue weighted by atomic mass is 16.2. The van der Waals surface area contributed by atoms with Crippen LogP contribution in [0.3, 0.4) is 0 Å². The van der Waals surface area contributed by atoms with E-state index in [-0.39, 0.29) is 17.7 Å². The first kappa shape index (κ1) is 19.5. The van der Waals surface area contributed by atoms with E-state index < -0.39 is 5.54 Å². The Morgan fingerprint density at radius 2 is 1.64 bits per heavy atom. The first-order valence-corrected chi connectivity index (χ1v) is 9.51. The molecule has 2 rings (SSSR count). The Kier molecular flexibility index (Phi) is 6.63. The molecule has 1 aliphatic rings. The average molecular weight is 344 g/mol. The van der Waals surface area contributed by atoms with Crippen molar-refractivity contribution < 1.29 is 9.59 Å². The summed E-state index contributed by atoms with van der Waals surface area (Å²) in [5.74, 6) is -0.162. The highest BCUT2D eigenvalue weighted by Crippen LogP contribution is 2.26. The summed E-state index contributed by atoms with van der Waals surface area (Å²) in [6.07, 6.45) is 7.72. The summed E-state index contributed by atoms with van der Waals surface area (Å²) in [5.41, 5.74) is 4.03. The molecule has 1 aromatic carbocycles. The molecule has 0 bridgehead atoms. The van der Waals surface area contributed by atoms with Gasteiger partial charge in [-0.2, -0.15) is 0 Å². The highest BCUT2D eigenvalue weighted by Gasteiger charge is 2.33. The van der Waals surface area contributed by atoms with Crippen molar-refractivity contribution in [2.45, 2.75) is 78.2 Å².